The standard InChI is InChI=1S/C18H14F3N7OS.C10H11N5.C8H4BrF3N2OS.C6H7BrN2.C4H5N3.CH4/c1-10-15(11(2)25-9-24-10)28(14-7-22-5-6-23-14)8-12-3-4-13(30-12)16-26-17(29-27-16)18(19,20)21;1-7-10(8(2)14-6-13-7)15-9-5-11-3-4-12-9;9-3-4-1-2-5(16-4)6-13-7(15-14-6)8(10,11)12;1-4-6(7)5(2)9-3-8-4;5-4-3-6-1-2-7-4;/h3-7,9H,8H2,1-2H3;3-6H,1-2H3,(H,12,15);1-2H,3H2;3H,1-2H3;1-3H,(H2,5,7);1H4/i;;;;;1D. The molecule has 0 fully saturated rings. The lowest BCUT2D eigenvalue weighted by atomic mass is 10.2. The van der Waals surface area contributed by atoms with E-state index in [9.17, 15) is 26.3 Å². The van der Waals surface area contributed by atoms with Crippen LogP contribution in [-0.4, -0.2) is 80.1 Å². The smallest absolute Gasteiger partial charge is 0.382 e. The van der Waals surface area contributed by atoms with Gasteiger partial charge in [0.2, 0.25) is 11.6 Å². The third kappa shape index (κ3) is 17.6. The number of hydrogen-bond acceptors (Lipinski definition) is 23. The maximum absolute atomic E-state index is 12.7. The Labute approximate surface area is 467 Å². The van der Waals surface area contributed by atoms with Crippen molar-refractivity contribution in [2.24, 2.45) is 0 Å². The number of alkyl halides is 7. The molecule has 10 aromatic rings. The first-order chi connectivity index (χ1) is 37.7. The first kappa shape index (κ1) is 59.3. The average molecular weight is 1250 g/mol. The molecule has 0 aliphatic rings. The summed E-state index contributed by atoms with van der Waals surface area (Å²) < 4.78 is 89.9. The zero-order valence-corrected chi connectivity index (χ0v) is 46.8. The molecule has 0 saturated heterocycles. The Morgan fingerprint density at radius 2 is 1.06 bits per heavy atom. The van der Waals surface area contributed by atoms with E-state index in [1.807, 2.05) is 46.4 Å². The molecule has 0 aromatic carbocycles. The molecule has 21 nitrogen and oxygen atoms in total. The van der Waals surface area contributed by atoms with Gasteiger partial charge in [-0.2, -0.15) is 36.3 Å². The predicted molar refractivity (Wildman–Crippen MR) is 286 cm³/mol. The highest BCUT2D eigenvalue weighted by Crippen LogP contribution is 2.36. The number of nitrogen functional groups attached to an aromatic ring is 1. The number of halogens is 8. The van der Waals surface area contributed by atoms with E-state index in [1.165, 1.54) is 42.6 Å². The lowest BCUT2D eigenvalue weighted by Gasteiger charge is -2.25. The normalized spacial score (nSPS) is 10.8. The summed E-state index contributed by atoms with van der Waals surface area (Å²) in [7, 11) is 1.25. The summed E-state index contributed by atoms with van der Waals surface area (Å²) in [5, 5.41) is 10.5. The Morgan fingerprint density at radius 3 is 1.46 bits per heavy atom. The number of nitrogens with two attached hydrogens (primary N) is 1. The van der Waals surface area contributed by atoms with E-state index in [2.05, 4.69) is 126 Å². The summed E-state index contributed by atoms with van der Waals surface area (Å²) in [6, 6.07) is 6.90. The van der Waals surface area contributed by atoms with E-state index in [-0.39, 0.29) is 11.6 Å². The van der Waals surface area contributed by atoms with Crippen LogP contribution in [0.25, 0.3) is 21.4 Å². The number of hydrogen-bond donors (Lipinski definition) is 2. The van der Waals surface area contributed by atoms with Crippen molar-refractivity contribution in [1.29, 1.82) is 0 Å². The molecule has 0 spiro atoms. The van der Waals surface area contributed by atoms with Crippen molar-refractivity contribution in [3.05, 3.63) is 159 Å². The van der Waals surface area contributed by atoms with E-state index in [0.29, 0.717) is 39.1 Å². The molecule has 0 unspecified atom stereocenters. The average Bonchev–Trinajstić information content (AvgIpc) is 4.31. The number of thiophene rings is 2. The fourth-order valence-corrected chi connectivity index (χ4v) is 8.46. The highest BCUT2D eigenvalue weighted by atomic mass is 79.9. The molecule has 0 saturated carbocycles. The molecule has 0 aliphatic carbocycles. The number of aromatic nitrogens is 16. The third-order valence-corrected chi connectivity index (χ3v) is 13.9. The van der Waals surface area contributed by atoms with Crippen molar-refractivity contribution >= 4 is 83.4 Å². The van der Waals surface area contributed by atoms with Crippen LogP contribution in [-0.2, 0) is 24.2 Å². The van der Waals surface area contributed by atoms with Gasteiger partial charge in [0, 0.05) is 53.6 Å². The number of anilines is 5. The van der Waals surface area contributed by atoms with Gasteiger partial charge in [0.1, 0.15) is 30.6 Å². The highest BCUT2D eigenvalue weighted by Gasteiger charge is 2.39. The predicted octanol–water partition coefficient (Wildman–Crippen LogP) is 12.2. The van der Waals surface area contributed by atoms with Crippen LogP contribution < -0.4 is 16.0 Å². The number of aryl methyl sites for hydroxylation is 6. The molecule has 0 atom stereocenters. The maximum atomic E-state index is 12.7. The van der Waals surface area contributed by atoms with E-state index in [4.69, 9.17) is 7.10 Å². The van der Waals surface area contributed by atoms with Crippen LogP contribution in [0, 0.1) is 41.5 Å². The van der Waals surface area contributed by atoms with Gasteiger partial charge in [0.05, 0.1) is 84.9 Å². The van der Waals surface area contributed by atoms with Gasteiger partial charge in [-0.1, -0.05) is 33.6 Å². The van der Waals surface area contributed by atoms with Crippen molar-refractivity contribution in [3.63, 3.8) is 0 Å². The molecule has 31 heteroatoms. The molecule has 0 aliphatic heterocycles. The van der Waals surface area contributed by atoms with Gasteiger partial charge < -0.3 is 25.0 Å². The molecule has 0 radical (unpaired) electrons. The van der Waals surface area contributed by atoms with Gasteiger partial charge in [-0.3, -0.25) is 15.0 Å². The van der Waals surface area contributed by atoms with Crippen LogP contribution in [0.5, 0.6) is 0 Å². The van der Waals surface area contributed by atoms with Gasteiger partial charge in [-0.05, 0) is 81.7 Å². The number of nitrogens with one attached hydrogen (secondary N) is 1. The fraction of sp³-hybridized carbons (Fsp3) is 0.234. The van der Waals surface area contributed by atoms with Crippen molar-refractivity contribution < 1.29 is 36.8 Å². The van der Waals surface area contributed by atoms with Crippen LogP contribution in [0.3, 0.4) is 0 Å². The van der Waals surface area contributed by atoms with Gasteiger partial charge in [-0.25, -0.2) is 44.9 Å². The molecule has 10 rings (SSSR count). The summed E-state index contributed by atoms with van der Waals surface area (Å²) in [6.45, 7) is 11.8. The maximum Gasteiger partial charge on any atom is 0.471 e. The lowest BCUT2D eigenvalue weighted by molar-refractivity contribution is -0.160. The van der Waals surface area contributed by atoms with Crippen LogP contribution in [0.15, 0.2) is 113 Å². The first-order valence-corrected chi connectivity index (χ1v) is 25.4. The van der Waals surface area contributed by atoms with Crippen LogP contribution in [0.1, 0.15) is 64.5 Å². The molecular weight excluding hydrogens is 1200 g/mol. The molecule has 0 amide bonds. The van der Waals surface area contributed by atoms with Crippen LogP contribution in [0.2, 0.25) is 0 Å². The fourth-order valence-electron chi connectivity index (χ4n) is 6.02. The second kappa shape index (κ2) is 28.5. The second-order valence-corrected chi connectivity index (χ2v) is 18.9. The molecule has 10 aromatic heterocycles. The first-order valence-electron chi connectivity index (χ1n) is 22.9. The topological polar surface area (TPSA) is 274 Å². The lowest BCUT2D eigenvalue weighted by Crippen LogP contribution is -2.20. The highest BCUT2D eigenvalue weighted by molar-refractivity contribution is 9.10. The van der Waals surface area contributed by atoms with Gasteiger partial charge in [-0.15, -0.1) is 22.7 Å². The van der Waals surface area contributed by atoms with Crippen molar-refractivity contribution in [2.75, 3.05) is 16.0 Å². The SMILES string of the molecule is Cc1ncnc(C)c1Br.Cc1ncnc(C)c1N(Cc1ccc(-c2noc(C(F)(F)F)n2)s1)c1cnccn1.Cc1ncnc(C)c1Nc1cnccn1.FC(F)(F)c1nc(-c2ccc(CBr)s2)no1.Nc1cnccn1.[2H]C. The van der Waals surface area contributed by atoms with Gasteiger partial charge in [0.25, 0.3) is 0 Å². The summed E-state index contributed by atoms with van der Waals surface area (Å²) in [4.78, 5) is 60.2. The monoisotopic (exact) mass is 1240 g/mol. The van der Waals surface area contributed by atoms with Gasteiger partial charge in [0.15, 0.2) is 5.82 Å². The van der Waals surface area contributed by atoms with Crippen molar-refractivity contribution in [3.8, 4) is 21.4 Å². The molecule has 10 heterocycles. The molecular formula is C47H45Br2F6N19O2S2. The van der Waals surface area contributed by atoms with E-state index in [1.54, 1.807) is 86.5 Å². The Morgan fingerprint density at radius 1 is 0.603 bits per heavy atom. The largest absolute Gasteiger partial charge is 0.471 e. The van der Waals surface area contributed by atoms with Crippen LogP contribution >= 0.6 is 54.5 Å². The molecule has 78 heavy (non-hydrogen) atoms. The Bertz CT molecular complexity index is 3380. The zero-order chi connectivity index (χ0) is 57.7. The van der Waals surface area contributed by atoms with E-state index in [0.717, 1.165) is 59.8 Å². The Balaban J connectivity index is 0.000000198. The minimum absolute atomic E-state index is 0.0375. The quantitative estimate of drug-likeness (QED) is 0.100. The number of nitrogens with zero attached hydrogens (tertiary/aromatic N) is 17. The van der Waals surface area contributed by atoms with E-state index >= 15 is 0 Å². The molecule has 0 bridgehead atoms. The second-order valence-electron chi connectivity index (χ2n) is 15.2. The minimum Gasteiger partial charge on any atom is -0.382 e. The van der Waals surface area contributed by atoms with E-state index < -0.39 is 24.1 Å². The summed E-state index contributed by atoms with van der Waals surface area (Å²) in [5.41, 5.74) is 12.1. The summed E-state index contributed by atoms with van der Waals surface area (Å²) in [6.07, 6.45) is 9.64. The molecule has 408 valence electrons. The summed E-state index contributed by atoms with van der Waals surface area (Å²) in [5.74, 6) is -1.10. The van der Waals surface area contributed by atoms with Crippen molar-refractivity contribution in [2.45, 2.75) is 73.2 Å². The third-order valence-electron chi connectivity index (χ3n) is 9.59. The Hall–Kier alpha value is -7.90. The summed E-state index contributed by atoms with van der Waals surface area (Å²) >= 11 is 9.17. The van der Waals surface area contributed by atoms with Crippen molar-refractivity contribution in [1.82, 2.24) is 80.1 Å². The zero-order valence-electron chi connectivity index (χ0n) is 43.0. The minimum atomic E-state index is -4.68. The number of rotatable bonds is 9. The van der Waals surface area contributed by atoms with Gasteiger partial charge >= 0.3 is 24.1 Å². The Kier molecular flexibility index (Phi) is 21.7. The molecule has 3 N–H and O–H groups in total. The van der Waals surface area contributed by atoms with Crippen LogP contribution in [0.4, 0.5) is 55.2 Å².